The van der Waals surface area contributed by atoms with Crippen molar-refractivity contribution in [3.05, 3.63) is 60.4 Å². The van der Waals surface area contributed by atoms with Gasteiger partial charge in [-0.2, -0.15) is 10.4 Å². The van der Waals surface area contributed by atoms with Crippen molar-refractivity contribution in [2.24, 2.45) is 5.10 Å². The number of rotatable bonds is 5. The second kappa shape index (κ2) is 8.51. The number of hydrogen-bond donors (Lipinski definition) is 1. The molecule has 0 saturated carbocycles. The van der Waals surface area contributed by atoms with E-state index in [0.717, 1.165) is 5.01 Å². The molecule has 1 aliphatic rings. The quantitative estimate of drug-likeness (QED) is 0.638. The zero-order valence-electron chi connectivity index (χ0n) is 16.2. The Bertz CT molecular complexity index is 1240. The van der Waals surface area contributed by atoms with Crippen LogP contribution in [0.2, 0.25) is 0 Å². The molecule has 3 aromatic rings. The van der Waals surface area contributed by atoms with Crippen molar-refractivity contribution in [1.82, 2.24) is 0 Å². The zero-order chi connectivity index (χ0) is 21.8. The Balaban J connectivity index is 1.43. The minimum Gasteiger partial charge on any atom is -0.451 e. The summed E-state index contributed by atoms with van der Waals surface area (Å²) in [5.74, 6) is -1.71. The van der Waals surface area contributed by atoms with Gasteiger partial charge in [0.15, 0.2) is 6.61 Å². The van der Waals surface area contributed by atoms with Crippen LogP contribution in [0.15, 0.2) is 64.1 Å². The summed E-state index contributed by atoms with van der Waals surface area (Å²) in [6, 6.07) is 17.5. The Labute approximate surface area is 176 Å². The first kappa shape index (κ1) is 19.8. The lowest BCUT2D eigenvalue weighted by molar-refractivity contribution is -0.140. The van der Waals surface area contributed by atoms with Gasteiger partial charge in [0, 0.05) is 18.2 Å². The average Bonchev–Trinajstić information content (AvgIpc) is 3.16. The number of nitrogens with one attached hydrogen (secondary N) is 1. The topological polar surface area (TPSA) is 125 Å². The summed E-state index contributed by atoms with van der Waals surface area (Å²) in [7, 11) is 0. The predicted molar refractivity (Wildman–Crippen MR) is 111 cm³/mol. The number of amides is 2. The van der Waals surface area contributed by atoms with Crippen LogP contribution in [0.25, 0.3) is 11.0 Å². The third-order valence-electron chi connectivity index (χ3n) is 4.56. The van der Waals surface area contributed by atoms with Gasteiger partial charge in [-0.15, -0.1) is 0 Å². The summed E-state index contributed by atoms with van der Waals surface area (Å²) < 4.78 is 10.5. The number of anilines is 2. The fourth-order valence-electron chi connectivity index (χ4n) is 3.11. The molecule has 1 aromatic heterocycles. The fourth-order valence-corrected chi connectivity index (χ4v) is 3.11. The SMILES string of the molecule is N#Cc1oc2ccccc2c1NC(=O)COC(=O)C1=NN(c2ccccc2)C(=O)CC1. The van der Waals surface area contributed by atoms with Crippen LogP contribution in [0.3, 0.4) is 0 Å². The molecule has 0 unspecified atom stereocenters. The highest BCUT2D eigenvalue weighted by molar-refractivity contribution is 6.38. The van der Waals surface area contributed by atoms with Gasteiger partial charge < -0.3 is 14.5 Å². The van der Waals surface area contributed by atoms with Crippen LogP contribution in [0.5, 0.6) is 0 Å². The van der Waals surface area contributed by atoms with Crippen LogP contribution in [-0.2, 0) is 19.1 Å². The van der Waals surface area contributed by atoms with Crippen molar-refractivity contribution in [1.29, 1.82) is 5.26 Å². The molecule has 9 nitrogen and oxygen atoms in total. The first-order valence-electron chi connectivity index (χ1n) is 9.41. The number of hydrazone groups is 1. The smallest absolute Gasteiger partial charge is 0.355 e. The molecule has 2 heterocycles. The molecule has 2 aromatic carbocycles. The molecule has 154 valence electrons. The molecule has 2 amide bonds. The van der Waals surface area contributed by atoms with Crippen molar-refractivity contribution in [3.8, 4) is 6.07 Å². The van der Waals surface area contributed by atoms with E-state index in [1.807, 2.05) is 6.07 Å². The minimum absolute atomic E-state index is 0.0442. The summed E-state index contributed by atoms with van der Waals surface area (Å²) >= 11 is 0. The largest absolute Gasteiger partial charge is 0.451 e. The third kappa shape index (κ3) is 4.13. The highest BCUT2D eigenvalue weighted by atomic mass is 16.5. The van der Waals surface area contributed by atoms with Gasteiger partial charge in [0.25, 0.3) is 5.91 Å². The molecule has 0 spiro atoms. The van der Waals surface area contributed by atoms with E-state index < -0.39 is 18.5 Å². The molecule has 1 N–H and O–H groups in total. The Morgan fingerprint density at radius 3 is 2.65 bits per heavy atom. The standard InChI is InChI=1S/C22H16N4O5/c23-12-18-21(15-8-4-5-9-17(15)31-18)24-19(27)13-30-22(29)16-10-11-20(28)26(25-16)14-6-2-1-3-7-14/h1-9H,10-11,13H2,(H,24,27). The summed E-state index contributed by atoms with van der Waals surface area (Å²) in [5.41, 5.74) is 1.25. The summed E-state index contributed by atoms with van der Waals surface area (Å²) in [4.78, 5) is 36.8. The van der Waals surface area contributed by atoms with E-state index >= 15 is 0 Å². The van der Waals surface area contributed by atoms with Crippen LogP contribution < -0.4 is 10.3 Å². The van der Waals surface area contributed by atoms with Crippen molar-refractivity contribution in [2.45, 2.75) is 12.8 Å². The van der Waals surface area contributed by atoms with Crippen LogP contribution in [0.4, 0.5) is 11.4 Å². The van der Waals surface area contributed by atoms with Gasteiger partial charge in [0.1, 0.15) is 23.1 Å². The molecule has 0 fully saturated rings. The van der Waals surface area contributed by atoms with Gasteiger partial charge in [-0.25, -0.2) is 9.80 Å². The zero-order valence-corrected chi connectivity index (χ0v) is 16.2. The van der Waals surface area contributed by atoms with Gasteiger partial charge in [-0.05, 0) is 24.3 Å². The molecule has 0 bridgehead atoms. The predicted octanol–water partition coefficient (Wildman–Crippen LogP) is 2.97. The molecule has 9 heteroatoms. The molecular formula is C22H16N4O5. The molecule has 0 saturated heterocycles. The van der Waals surface area contributed by atoms with Gasteiger partial charge in [0.05, 0.1) is 5.69 Å². The summed E-state index contributed by atoms with van der Waals surface area (Å²) in [5, 5.41) is 17.6. The van der Waals surface area contributed by atoms with Crippen LogP contribution in [0.1, 0.15) is 18.6 Å². The van der Waals surface area contributed by atoms with E-state index in [1.165, 1.54) is 0 Å². The number of esters is 1. The van der Waals surface area contributed by atoms with E-state index in [9.17, 15) is 19.6 Å². The Morgan fingerprint density at radius 1 is 1.13 bits per heavy atom. The third-order valence-corrected chi connectivity index (χ3v) is 4.56. The lowest BCUT2D eigenvalue weighted by atomic mass is 10.1. The van der Waals surface area contributed by atoms with Gasteiger partial charge in [0.2, 0.25) is 11.7 Å². The first-order chi connectivity index (χ1) is 15.1. The van der Waals surface area contributed by atoms with Crippen LogP contribution >= 0.6 is 0 Å². The van der Waals surface area contributed by atoms with Gasteiger partial charge >= 0.3 is 5.97 Å². The number of carbonyl (C=O) groups is 3. The minimum atomic E-state index is -0.791. The lowest BCUT2D eigenvalue weighted by Crippen LogP contribution is -2.35. The molecule has 1 aliphatic heterocycles. The molecular weight excluding hydrogens is 400 g/mol. The number of furan rings is 1. The lowest BCUT2D eigenvalue weighted by Gasteiger charge is -2.22. The van der Waals surface area contributed by atoms with E-state index in [0.29, 0.717) is 16.7 Å². The van der Waals surface area contributed by atoms with Crippen molar-refractivity contribution in [3.63, 3.8) is 0 Å². The Hall–Kier alpha value is -4.45. The van der Waals surface area contributed by atoms with E-state index in [2.05, 4.69) is 10.4 Å². The summed E-state index contributed by atoms with van der Waals surface area (Å²) in [6.45, 7) is -0.582. The highest BCUT2D eigenvalue weighted by Crippen LogP contribution is 2.30. The number of fused-ring (bicyclic) bond motifs is 1. The van der Waals surface area contributed by atoms with E-state index in [4.69, 9.17) is 9.15 Å². The van der Waals surface area contributed by atoms with Crippen molar-refractivity contribution >= 4 is 45.8 Å². The summed E-state index contributed by atoms with van der Waals surface area (Å²) in [6.07, 6.45) is 0.217. The maximum absolute atomic E-state index is 12.4. The fraction of sp³-hybridized carbons (Fsp3) is 0.136. The highest BCUT2D eigenvalue weighted by Gasteiger charge is 2.27. The number of ether oxygens (including phenoxy) is 1. The maximum Gasteiger partial charge on any atom is 0.355 e. The van der Waals surface area contributed by atoms with E-state index in [1.54, 1.807) is 54.6 Å². The number of nitrogens with zero attached hydrogens (tertiary/aromatic N) is 3. The van der Waals surface area contributed by atoms with Crippen LogP contribution in [-0.4, -0.2) is 30.1 Å². The Morgan fingerprint density at radius 2 is 1.87 bits per heavy atom. The Kier molecular flexibility index (Phi) is 5.45. The van der Waals surface area contributed by atoms with Gasteiger partial charge in [-0.3, -0.25) is 9.59 Å². The molecule has 0 aliphatic carbocycles. The number of para-hydroxylation sites is 2. The number of hydrogen-bond acceptors (Lipinski definition) is 7. The first-order valence-corrected chi connectivity index (χ1v) is 9.41. The van der Waals surface area contributed by atoms with Crippen molar-refractivity contribution < 1.29 is 23.5 Å². The van der Waals surface area contributed by atoms with Crippen molar-refractivity contribution in [2.75, 3.05) is 16.9 Å². The number of nitriles is 1. The molecule has 31 heavy (non-hydrogen) atoms. The maximum atomic E-state index is 12.4. The second-order valence-corrected chi connectivity index (χ2v) is 6.63. The average molecular weight is 416 g/mol. The molecule has 0 atom stereocenters. The van der Waals surface area contributed by atoms with Gasteiger partial charge in [-0.1, -0.05) is 30.3 Å². The molecule has 0 radical (unpaired) electrons. The monoisotopic (exact) mass is 416 g/mol. The number of carbonyl (C=O) groups excluding carboxylic acids is 3. The van der Waals surface area contributed by atoms with E-state index in [-0.39, 0.29) is 35.9 Å². The van der Waals surface area contributed by atoms with Crippen LogP contribution in [0, 0.1) is 11.3 Å². The second-order valence-electron chi connectivity index (χ2n) is 6.63. The number of benzene rings is 2. The molecule has 4 rings (SSSR count). The normalized spacial score (nSPS) is 13.5.